The molecule has 2 aliphatic carbocycles. The lowest BCUT2D eigenvalue weighted by molar-refractivity contribution is -0.232. The normalized spacial score (nSPS) is 30.2. The number of likely N-dealkylation sites (tertiary alicyclic amines) is 1. The number of amides is 2. The number of ether oxygens (including phenoxy) is 1. The average Bonchev–Trinajstić information content (AvgIpc) is 3.69. The lowest BCUT2D eigenvalue weighted by atomic mass is 9.33. The number of likely N-dealkylation sites (N-methyl/N-ethyl adjacent to an activating group) is 1. The summed E-state index contributed by atoms with van der Waals surface area (Å²) in [6.07, 6.45) is 3.75. The van der Waals surface area contributed by atoms with E-state index in [0.29, 0.717) is 22.3 Å². The molecule has 0 spiro atoms. The molecule has 57 heavy (non-hydrogen) atoms. The molecule has 2 aliphatic heterocycles. The summed E-state index contributed by atoms with van der Waals surface area (Å²) < 4.78 is 5.95. The molecule has 4 unspecified atom stereocenters. The van der Waals surface area contributed by atoms with Crippen LogP contribution in [0.15, 0.2) is 66.7 Å². The third-order valence-electron chi connectivity index (χ3n) is 14.1. The van der Waals surface area contributed by atoms with Crippen LogP contribution in [-0.4, -0.2) is 109 Å². The second-order valence-corrected chi connectivity index (χ2v) is 18.3. The van der Waals surface area contributed by atoms with E-state index in [9.17, 15) is 19.8 Å². The van der Waals surface area contributed by atoms with Gasteiger partial charge < -0.3 is 35.4 Å². The lowest BCUT2D eigenvalue weighted by Crippen LogP contribution is -2.65. The number of aliphatic hydroxyl groups excluding tert-OH is 1. The monoisotopic (exact) mass is 783 g/mol. The molecule has 2 amide bonds. The highest BCUT2D eigenvalue weighted by Gasteiger charge is 2.66. The van der Waals surface area contributed by atoms with E-state index in [2.05, 4.69) is 49.6 Å². The minimum absolute atomic E-state index is 0.0309. The highest BCUT2D eigenvalue weighted by molar-refractivity contribution is 5.98. The standard InChI is InChI=1S/C36H47N5O6.C10H18/c1-36(45)31(22-42)47-40(33(36)34(37)43)20-24-13-10-14-29(32(24)46-6)25-17-26(19-28(18-25)39(4)5)35(44)41-27(21-38(2)3)15-16-30(41)23-11-8-7-9-12-23;1-7-9(2,3)8-5-6-10(7,8)4/h7-14,17-19,27,30-31,33,42,45H,15-16,20-22H2,1-6H3,(H2,37,43);7-8H,5-6H2,1-4H3/t27?,30?,31?,33-,36-;7-,8-,10?/m11/s1. The Labute approximate surface area is 339 Å². The molecular weight excluding hydrogens is 719 g/mol. The Hall–Kier alpha value is -4.00. The van der Waals surface area contributed by atoms with Crippen LogP contribution in [0.25, 0.3) is 11.1 Å². The Morgan fingerprint density at radius 3 is 2.19 bits per heavy atom. The number of rotatable bonds is 11. The molecule has 2 saturated carbocycles. The van der Waals surface area contributed by atoms with Gasteiger partial charge in [0.25, 0.3) is 5.91 Å². The van der Waals surface area contributed by atoms with Crippen LogP contribution in [-0.2, 0) is 16.2 Å². The molecule has 0 aromatic heterocycles. The number of benzene rings is 3. The van der Waals surface area contributed by atoms with Gasteiger partial charge in [0, 0.05) is 49.1 Å². The molecule has 11 heteroatoms. The third-order valence-corrected chi connectivity index (χ3v) is 14.1. The maximum absolute atomic E-state index is 14.6. The number of anilines is 1. The molecule has 4 fully saturated rings. The van der Waals surface area contributed by atoms with Gasteiger partial charge in [0.1, 0.15) is 23.5 Å². The van der Waals surface area contributed by atoms with Crippen molar-refractivity contribution in [3.05, 3.63) is 83.4 Å². The van der Waals surface area contributed by atoms with Crippen LogP contribution >= 0.6 is 0 Å². The summed E-state index contributed by atoms with van der Waals surface area (Å²) >= 11 is 0. The Kier molecular flexibility index (Phi) is 12.2. The van der Waals surface area contributed by atoms with Crippen molar-refractivity contribution in [2.75, 3.05) is 53.4 Å². The Bertz CT molecular complexity index is 1890. The predicted molar refractivity (Wildman–Crippen MR) is 225 cm³/mol. The van der Waals surface area contributed by atoms with Crippen LogP contribution in [0.5, 0.6) is 5.75 Å². The first-order valence-corrected chi connectivity index (χ1v) is 20.4. The van der Waals surface area contributed by atoms with E-state index >= 15 is 0 Å². The van der Waals surface area contributed by atoms with Crippen LogP contribution in [0, 0.1) is 22.7 Å². The first-order valence-electron chi connectivity index (χ1n) is 20.4. The van der Waals surface area contributed by atoms with Crippen LogP contribution in [0.4, 0.5) is 5.69 Å². The number of carbonyl (C=O) groups is 2. The maximum Gasteiger partial charge on any atom is 0.254 e. The fourth-order valence-electron chi connectivity index (χ4n) is 10.6. The molecule has 0 radical (unpaired) electrons. The minimum atomic E-state index is -1.70. The van der Waals surface area contributed by atoms with E-state index in [0.717, 1.165) is 59.0 Å². The number of hydroxylamine groups is 2. The van der Waals surface area contributed by atoms with Gasteiger partial charge in [-0.05, 0) is 98.7 Å². The van der Waals surface area contributed by atoms with Crippen molar-refractivity contribution in [1.82, 2.24) is 14.9 Å². The molecule has 3 aromatic rings. The first-order chi connectivity index (χ1) is 26.9. The van der Waals surface area contributed by atoms with Gasteiger partial charge in [-0.25, -0.2) is 0 Å². The van der Waals surface area contributed by atoms with Gasteiger partial charge in [-0.1, -0.05) is 76.2 Å². The maximum atomic E-state index is 14.6. The summed E-state index contributed by atoms with van der Waals surface area (Å²) in [4.78, 5) is 39.0. The summed E-state index contributed by atoms with van der Waals surface area (Å²) in [7, 11) is 9.51. The fourth-order valence-corrected chi connectivity index (χ4v) is 10.6. The molecule has 2 saturated heterocycles. The Balaban J connectivity index is 0.000000472. The van der Waals surface area contributed by atoms with Gasteiger partial charge in [-0.2, -0.15) is 5.06 Å². The number of nitrogens with zero attached hydrogens (tertiary/aromatic N) is 4. The first kappa shape index (κ1) is 42.6. The van der Waals surface area contributed by atoms with E-state index in [-0.39, 0.29) is 24.5 Å². The van der Waals surface area contributed by atoms with Gasteiger partial charge in [-0.3, -0.25) is 14.4 Å². The number of para-hydroxylation sites is 1. The van der Waals surface area contributed by atoms with Crippen LogP contribution in [0.2, 0.25) is 0 Å². The number of nitrogens with two attached hydrogens (primary N) is 1. The predicted octanol–water partition coefficient (Wildman–Crippen LogP) is 6.13. The number of primary amides is 1. The fraction of sp³-hybridized carbons (Fsp3) is 0.565. The highest BCUT2D eigenvalue weighted by atomic mass is 16.7. The van der Waals surface area contributed by atoms with E-state index in [1.165, 1.54) is 24.8 Å². The van der Waals surface area contributed by atoms with Crippen molar-refractivity contribution in [2.24, 2.45) is 28.4 Å². The molecule has 2 heterocycles. The number of carbonyl (C=O) groups excluding carboxylic acids is 2. The lowest BCUT2D eigenvalue weighted by Gasteiger charge is -2.72. The summed E-state index contributed by atoms with van der Waals surface area (Å²) in [5, 5.41) is 22.1. The number of hydrogen-bond donors (Lipinski definition) is 3. The van der Waals surface area contributed by atoms with Gasteiger partial charge >= 0.3 is 0 Å². The molecule has 8 atom stereocenters. The zero-order chi connectivity index (χ0) is 41.6. The van der Waals surface area contributed by atoms with Gasteiger partial charge in [0.05, 0.1) is 26.3 Å². The second-order valence-electron chi connectivity index (χ2n) is 18.3. The molecule has 0 bridgehead atoms. The number of aliphatic hydroxyl groups is 2. The number of fused-ring (bicyclic) bond motifs is 1. The molecule has 4 N–H and O–H groups in total. The topological polar surface area (TPSA) is 132 Å². The third kappa shape index (κ3) is 7.81. The highest BCUT2D eigenvalue weighted by Crippen LogP contribution is 2.73. The van der Waals surface area contributed by atoms with E-state index in [1.54, 1.807) is 7.11 Å². The van der Waals surface area contributed by atoms with Crippen LogP contribution < -0.4 is 15.4 Å². The Morgan fingerprint density at radius 2 is 1.67 bits per heavy atom. The van der Waals surface area contributed by atoms with Crippen molar-refractivity contribution in [3.63, 3.8) is 0 Å². The quantitative estimate of drug-likeness (QED) is 0.210. The summed E-state index contributed by atoms with van der Waals surface area (Å²) in [6, 6.07) is 20.5. The van der Waals surface area contributed by atoms with Crippen molar-refractivity contribution < 1.29 is 29.4 Å². The molecule has 3 aromatic carbocycles. The van der Waals surface area contributed by atoms with Gasteiger partial charge in [0.15, 0.2) is 0 Å². The second kappa shape index (κ2) is 16.3. The van der Waals surface area contributed by atoms with Crippen molar-refractivity contribution >= 4 is 17.5 Å². The summed E-state index contributed by atoms with van der Waals surface area (Å²) in [5.41, 5.74) is 10.1. The summed E-state index contributed by atoms with van der Waals surface area (Å²) in [5.74, 6) is 1.73. The van der Waals surface area contributed by atoms with Crippen LogP contribution in [0.3, 0.4) is 0 Å². The van der Waals surface area contributed by atoms with E-state index in [4.69, 9.17) is 15.3 Å². The van der Waals surface area contributed by atoms with E-state index in [1.807, 2.05) is 87.7 Å². The number of hydrogen-bond acceptors (Lipinski definition) is 9. The van der Waals surface area contributed by atoms with E-state index < -0.39 is 30.3 Å². The van der Waals surface area contributed by atoms with Crippen molar-refractivity contribution in [1.29, 1.82) is 0 Å². The average molecular weight is 784 g/mol. The summed E-state index contributed by atoms with van der Waals surface area (Å²) in [6.45, 7) is 11.5. The zero-order valence-corrected chi connectivity index (χ0v) is 35.7. The molecule has 4 aliphatic rings. The smallest absolute Gasteiger partial charge is 0.254 e. The van der Waals surface area contributed by atoms with Crippen molar-refractivity contribution in [3.8, 4) is 16.9 Å². The SMILES string of the molecule is COc1c(CN2OC(CO)[C@@](C)(O)[C@H]2C(N)=O)cccc1-c1cc(C(=O)N2C(CN(C)C)CCC2c2ccccc2)cc(N(C)C)c1.C[C@@H]1C(C)(C)[C@H]2CCC12C. The zero-order valence-electron chi connectivity index (χ0n) is 35.7. The minimum Gasteiger partial charge on any atom is -0.496 e. The molecule has 7 rings (SSSR count). The largest absolute Gasteiger partial charge is 0.496 e. The van der Waals surface area contributed by atoms with Crippen molar-refractivity contribution in [2.45, 2.75) is 96.7 Å². The molecular formula is C46H65N5O6. The van der Waals surface area contributed by atoms with Crippen LogP contribution in [0.1, 0.15) is 87.8 Å². The molecule has 11 nitrogen and oxygen atoms in total. The Morgan fingerprint density at radius 1 is 0.965 bits per heavy atom. The van der Waals surface area contributed by atoms with Gasteiger partial charge in [0.2, 0.25) is 5.91 Å². The number of methoxy groups -OCH3 is 1. The van der Waals surface area contributed by atoms with Gasteiger partial charge in [-0.15, -0.1) is 0 Å². The molecule has 310 valence electrons.